The molecule has 128 valence electrons. The molecule has 4 atom stereocenters. The minimum atomic E-state index is -0.812. The molecule has 6 nitrogen and oxygen atoms in total. The number of hydrogen-bond acceptors (Lipinski definition) is 5. The van der Waals surface area contributed by atoms with Crippen LogP contribution in [0.5, 0.6) is 0 Å². The van der Waals surface area contributed by atoms with Crippen molar-refractivity contribution in [3.05, 3.63) is 48.0 Å². The molecule has 2 fully saturated rings. The number of likely N-dealkylation sites (tertiary alicyclic amines) is 1. The molecular formula is C19H18N2O4. The molecule has 0 saturated carbocycles. The average Bonchev–Trinajstić information content (AvgIpc) is 3.14. The normalized spacial score (nSPS) is 28.5. The van der Waals surface area contributed by atoms with Crippen molar-refractivity contribution in [3.63, 3.8) is 0 Å². The lowest BCUT2D eigenvalue weighted by molar-refractivity contribution is -0.147. The van der Waals surface area contributed by atoms with Crippen LogP contribution in [-0.2, 0) is 19.1 Å². The van der Waals surface area contributed by atoms with E-state index >= 15 is 0 Å². The van der Waals surface area contributed by atoms with E-state index in [4.69, 9.17) is 4.74 Å². The Hall–Kier alpha value is -2.73. The summed E-state index contributed by atoms with van der Waals surface area (Å²) in [5.41, 5.74) is 0.886. The minimum absolute atomic E-state index is 0.257. The molecule has 1 N–H and O–H groups in total. The number of methoxy groups -OCH3 is 1. The highest BCUT2D eigenvalue weighted by Gasteiger charge is 2.60. The molecule has 0 radical (unpaired) electrons. The highest BCUT2D eigenvalue weighted by atomic mass is 16.5. The molecule has 0 spiro atoms. The number of carbonyl (C=O) groups is 3. The monoisotopic (exact) mass is 338 g/mol. The van der Waals surface area contributed by atoms with E-state index in [0.29, 0.717) is 0 Å². The Morgan fingerprint density at radius 3 is 2.44 bits per heavy atom. The number of rotatable bonds is 2. The molecule has 2 aliphatic rings. The van der Waals surface area contributed by atoms with Crippen LogP contribution in [0.15, 0.2) is 42.5 Å². The van der Waals surface area contributed by atoms with Gasteiger partial charge in [-0.3, -0.25) is 24.6 Å². The fourth-order valence-electron chi connectivity index (χ4n) is 4.01. The topological polar surface area (TPSA) is 75.7 Å². The molecule has 2 aliphatic heterocycles. The summed E-state index contributed by atoms with van der Waals surface area (Å²) in [6.07, 6.45) is 0. The van der Waals surface area contributed by atoms with Gasteiger partial charge >= 0.3 is 5.97 Å². The third kappa shape index (κ3) is 2.25. The van der Waals surface area contributed by atoms with Gasteiger partial charge in [-0.25, -0.2) is 0 Å². The Labute approximate surface area is 144 Å². The van der Waals surface area contributed by atoms with E-state index in [1.54, 1.807) is 0 Å². The molecule has 0 aliphatic carbocycles. The number of esters is 1. The standard InChI is InChI=1S/C19H18N2O4/c1-21-17(22)13-14(18(21)23)16(19(24)25-2)20-15(13)12-8-7-10-5-3-4-6-11(10)9-12/h3-9,13-16,20H,1-2H3/t13-,14+,15-,16-/m0/s1. The Morgan fingerprint density at radius 2 is 1.72 bits per heavy atom. The van der Waals surface area contributed by atoms with E-state index < -0.39 is 29.9 Å². The first-order valence-electron chi connectivity index (χ1n) is 8.17. The van der Waals surface area contributed by atoms with Crippen LogP contribution in [0.3, 0.4) is 0 Å². The molecule has 2 aromatic rings. The van der Waals surface area contributed by atoms with Gasteiger partial charge in [0.15, 0.2) is 0 Å². The van der Waals surface area contributed by atoms with Gasteiger partial charge in [-0.1, -0.05) is 36.4 Å². The van der Waals surface area contributed by atoms with Gasteiger partial charge in [0.05, 0.1) is 18.9 Å². The lowest BCUT2D eigenvalue weighted by Crippen LogP contribution is -2.42. The number of ether oxygens (including phenoxy) is 1. The number of carbonyl (C=O) groups excluding carboxylic acids is 3. The van der Waals surface area contributed by atoms with E-state index in [2.05, 4.69) is 5.32 Å². The fourth-order valence-corrected chi connectivity index (χ4v) is 4.01. The van der Waals surface area contributed by atoms with E-state index in [1.165, 1.54) is 14.2 Å². The zero-order valence-electron chi connectivity index (χ0n) is 13.9. The maximum absolute atomic E-state index is 12.6. The molecule has 4 rings (SSSR count). The first kappa shape index (κ1) is 15.8. The van der Waals surface area contributed by atoms with Gasteiger partial charge in [-0.05, 0) is 22.4 Å². The summed E-state index contributed by atoms with van der Waals surface area (Å²) in [6.45, 7) is 0. The second kappa shape index (κ2) is 5.67. The van der Waals surface area contributed by atoms with Crippen LogP contribution in [0.1, 0.15) is 11.6 Å². The van der Waals surface area contributed by atoms with Gasteiger partial charge in [-0.15, -0.1) is 0 Å². The Kier molecular flexibility index (Phi) is 3.58. The first-order valence-corrected chi connectivity index (χ1v) is 8.17. The summed E-state index contributed by atoms with van der Waals surface area (Å²) in [5, 5.41) is 5.30. The summed E-state index contributed by atoms with van der Waals surface area (Å²) < 4.78 is 4.83. The Bertz CT molecular complexity index is 894. The second-order valence-corrected chi connectivity index (χ2v) is 6.54. The highest BCUT2D eigenvalue weighted by molar-refractivity contribution is 6.08. The van der Waals surface area contributed by atoms with Crippen molar-refractivity contribution in [2.45, 2.75) is 12.1 Å². The van der Waals surface area contributed by atoms with Crippen LogP contribution in [0, 0.1) is 11.8 Å². The highest BCUT2D eigenvalue weighted by Crippen LogP contribution is 2.44. The van der Waals surface area contributed by atoms with Gasteiger partial charge in [0.1, 0.15) is 6.04 Å². The van der Waals surface area contributed by atoms with Crippen molar-refractivity contribution in [2.75, 3.05) is 14.2 Å². The minimum Gasteiger partial charge on any atom is -0.468 e. The molecule has 0 bridgehead atoms. The summed E-state index contributed by atoms with van der Waals surface area (Å²) in [7, 11) is 2.75. The predicted molar refractivity (Wildman–Crippen MR) is 90.4 cm³/mol. The van der Waals surface area contributed by atoms with Crippen LogP contribution in [0.2, 0.25) is 0 Å². The third-order valence-corrected chi connectivity index (χ3v) is 5.28. The Balaban J connectivity index is 1.79. The van der Waals surface area contributed by atoms with Crippen molar-refractivity contribution in [3.8, 4) is 0 Å². The summed E-state index contributed by atoms with van der Waals surface area (Å²) in [6, 6.07) is 12.6. The van der Waals surface area contributed by atoms with Crippen LogP contribution >= 0.6 is 0 Å². The van der Waals surface area contributed by atoms with Crippen LogP contribution in [0.25, 0.3) is 10.8 Å². The molecule has 2 heterocycles. The van der Waals surface area contributed by atoms with Crippen molar-refractivity contribution in [2.24, 2.45) is 11.8 Å². The smallest absolute Gasteiger partial charge is 0.323 e. The van der Waals surface area contributed by atoms with Crippen LogP contribution in [-0.4, -0.2) is 42.9 Å². The predicted octanol–water partition coefficient (Wildman–Crippen LogP) is 1.26. The summed E-state index contributed by atoms with van der Waals surface area (Å²) in [4.78, 5) is 38.4. The van der Waals surface area contributed by atoms with Crippen molar-refractivity contribution in [1.82, 2.24) is 10.2 Å². The number of imide groups is 1. The van der Waals surface area contributed by atoms with Gasteiger partial charge in [-0.2, -0.15) is 0 Å². The molecule has 2 amide bonds. The molecule has 6 heteroatoms. The SMILES string of the molecule is COC(=O)[C@H]1N[C@@H](c2ccc3ccccc3c2)[C@H]2C(=O)N(C)C(=O)[C@H]21. The molecule has 2 saturated heterocycles. The van der Waals surface area contributed by atoms with Crippen LogP contribution < -0.4 is 5.32 Å². The molecule has 0 unspecified atom stereocenters. The van der Waals surface area contributed by atoms with Crippen molar-refractivity contribution >= 4 is 28.6 Å². The van der Waals surface area contributed by atoms with Crippen molar-refractivity contribution in [1.29, 1.82) is 0 Å². The quantitative estimate of drug-likeness (QED) is 0.659. The maximum atomic E-state index is 12.6. The van der Waals surface area contributed by atoms with E-state index in [1.807, 2.05) is 42.5 Å². The molecule has 25 heavy (non-hydrogen) atoms. The lowest BCUT2D eigenvalue weighted by atomic mass is 9.86. The van der Waals surface area contributed by atoms with E-state index in [-0.39, 0.29) is 11.8 Å². The summed E-state index contributed by atoms with van der Waals surface area (Å²) >= 11 is 0. The first-order chi connectivity index (χ1) is 12.0. The molecular weight excluding hydrogens is 320 g/mol. The number of nitrogens with one attached hydrogen (secondary N) is 1. The number of nitrogens with zero attached hydrogens (tertiary/aromatic N) is 1. The second-order valence-electron chi connectivity index (χ2n) is 6.54. The number of amides is 2. The number of fused-ring (bicyclic) bond motifs is 2. The van der Waals surface area contributed by atoms with Crippen molar-refractivity contribution < 1.29 is 19.1 Å². The average molecular weight is 338 g/mol. The van der Waals surface area contributed by atoms with Gasteiger partial charge < -0.3 is 4.74 Å². The maximum Gasteiger partial charge on any atom is 0.323 e. The Morgan fingerprint density at radius 1 is 1.04 bits per heavy atom. The van der Waals surface area contributed by atoms with E-state index in [9.17, 15) is 14.4 Å². The van der Waals surface area contributed by atoms with E-state index in [0.717, 1.165) is 21.2 Å². The number of hydrogen-bond donors (Lipinski definition) is 1. The zero-order valence-corrected chi connectivity index (χ0v) is 13.9. The lowest BCUT2D eigenvalue weighted by Gasteiger charge is -2.20. The largest absolute Gasteiger partial charge is 0.468 e. The summed E-state index contributed by atoms with van der Waals surface area (Å²) in [5.74, 6) is -2.42. The van der Waals surface area contributed by atoms with Gasteiger partial charge in [0.25, 0.3) is 0 Å². The van der Waals surface area contributed by atoms with Gasteiger partial charge in [0.2, 0.25) is 11.8 Å². The molecule has 0 aromatic heterocycles. The van der Waals surface area contributed by atoms with Crippen LogP contribution in [0.4, 0.5) is 0 Å². The zero-order chi connectivity index (χ0) is 17.7. The van der Waals surface area contributed by atoms with Gasteiger partial charge in [0, 0.05) is 13.1 Å². The third-order valence-electron chi connectivity index (χ3n) is 5.28. The fraction of sp³-hybridized carbons (Fsp3) is 0.316. The number of benzene rings is 2. The molecule has 2 aromatic carbocycles.